The third-order valence-corrected chi connectivity index (χ3v) is 4.64. The molecule has 27 heavy (non-hydrogen) atoms. The number of carbonyl (C=O) groups is 2. The van der Waals surface area contributed by atoms with Crippen LogP contribution in [0.5, 0.6) is 11.5 Å². The van der Waals surface area contributed by atoms with E-state index in [2.05, 4.69) is 15.6 Å². The molecule has 1 heterocycles. The van der Waals surface area contributed by atoms with E-state index in [1.54, 1.807) is 38.7 Å². The number of hydrogen-bond donors (Lipinski definition) is 2. The lowest BCUT2D eigenvalue weighted by molar-refractivity contribution is -0.125. The van der Waals surface area contributed by atoms with Crippen LogP contribution < -0.4 is 20.1 Å². The predicted molar refractivity (Wildman–Crippen MR) is 101 cm³/mol. The first-order valence-corrected chi connectivity index (χ1v) is 8.73. The van der Waals surface area contributed by atoms with Gasteiger partial charge < -0.3 is 20.1 Å². The largest absolute Gasteiger partial charge is 0.496 e. The van der Waals surface area contributed by atoms with Crippen molar-refractivity contribution < 1.29 is 19.1 Å². The molecule has 7 heteroatoms. The Hall–Kier alpha value is -3.09. The number of ether oxygens (including phenoxy) is 2. The minimum absolute atomic E-state index is 0.0656. The second-order valence-corrected chi connectivity index (χ2v) is 6.52. The van der Waals surface area contributed by atoms with Crippen molar-refractivity contribution in [2.75, 3.05) is 26.1 Å². The van der Waals surface area contributed by atoms with Gasteiger partial charge in [-0.15, -0.1) is 0 Å². The van der Waals surface area contributed by atoms with Crippen molar-refractivity contribution in [2.45, 2.75) is 19.3 Å². The summed E-state index contributed by atoms with van der Waals surface area (Å²) in [6.45, 7) is 1.87. The van der Waals surface area contributed by atoms with Gasteiger partial charge in [-0.25, -0.2) is 0 Å². The average Bonchev–Trinajstić information content (AvgIpc) is 3.47. The molecule has 1 saturated carbocycles. The Morgan fingerprint density at radius 1 is 1.22 bits per heavy atom. The molecule has 1 aliphatic rings. The van der Waals surface area contributed by atoms with Crippen LogP contribution in [0.2, 0.25) is 0 Å². The molecular formula is C20H23N3O4. The number of hydrogen-bond acceptors (Lipinski definition) is 5. The van der Waals surface area contributed by atoms with Crippen molar-refractivity contribution in [3.63, 3.8) is 0 Å². The van der Waals surface area contributed by atoms with E-state index in [1.807, 2.05) is 19.1 Å². The zero-order valence-electron chi connectivity index (χ0n) is 15.6. The smallest absolute Gasteiger partial charge is 0.243 e. The number of rotatable bonds is 7. The molecule has 0 bridgehead atoms. The van der Waals surface area contributed by atoms with E-state index < -0.39 is 0 Å². The molecule has 0 spiro atoms. The number of aromatic nitrogens is 1. The molecule has 0 unspecified atom stereocenters. The lowest BCUT2D eigenvalue weighted by Crippen LogP contribution is -2.34. The number of nitrogens with zero attached hydrogens (tertiary/aromatic N) is 1. The fourth-order valence-electron chi connectivity index (χ4n) is 3.13. The summed E-state index contributed by atoms with van der Waals surface area (Å²) in [6.07, 6.45) is 3.89. The van der Waals surface area contributed by atoms with Crippen molar-refractivity contribution in [2.24, 2.45) is 5.92 Å². The number of benzene rings is 1. The van der Waals surface area contributed by atoms with Crippen molar-refractivity contribution >= 4 is 17.5 Å². The van der Waals surface area contributed by atoms with Crippen LogP contribution >= 0.6 is 0 Å². The van der Waals surface area contributed by atoms with Gasteiger partial charge in [-0.05, 0) is 43.2 Å². The first-order valence-electron chi connectivity index (χ1n) is 8.73. The second-order valence-electron chi connectivity index (χ2n) is 6.52. The van der Waals surface area contributed by atoms with E-state index >= 15 is 0 Å². The zero-order chi connectivity index (χ0) is 19.4. The van der Waals surface area contributed by atoms with Gasteiger partial charge in [0.1, 0.15) is 11.5 Å². The Balaban J connectivity index is 1.57. The number of anilines is 1. The summed E-state index contributed by atoms with van der Waals surface area (Å²) in [5, 5.41) is 5.38. The number of aryl methyl sites for hydroxylation is 1. The van der Waals surface area contributed by atoms with Crippen LogP contribution in [0.4, 0.5) is 5.69 Å². The first kappa shape index (κ1) is 18.7. The van der Waals surface area contributed by atoms with Crippen molar-refractivity contribution in [3.05, 3.63) is 47.8 Å². The number of pyridine rings is 1. The van der Waals surface area contributed by atoms with Gasteiger partial charge in [-0.3, -0.25) is 14.6 Å². The Morgan fingerprint density at radius 2 is 2.00 bits per heavy atom. The highest BCUT2D eigenvalue weighted by Gasteiger charge is 2.45. The average molecular weight is 369 g/mol. The van der Waals surface area contributed by atoms with Crippen LogP contribution in [0.1, 0.15) is 23.5 Å². The highest BCUT2D eigenvalue weighted by molar-refractivity contribution is 5.95. The Bertz CT molecular complexity index is 839. The Labute approximate surface area is 158 Å². The van der Waals surface area contributed by atoms with Gasteiger partial charge in [0, 0.05) is 23.6 Å². The summed E-state index contributed by atoms with van der Waals surface area (Å²) in [5.74, 6) is 0.995. The van der Waals surface area contributed by atoms with E-state index in [0.717, 1.165) is 29.0 Å². The second kappa shape index (κ2) is 8.07. The molecule has 0 aliphatic heterocycles. The van der Waals surface area contributed by atoms with Gasteiger partial charge in [0.05, 0.1) is 32.6 Å². The monoisotopic (exact) mass is 369 g/mol. The van der Waals surface area contributed by atoms with Crippen molar-refractivity contribution in [1.82, 2.24) is 10.3 Å². The van der Waals surface area contributed by atoms with Crippen LogP contribution in [0, 0.1) is 12.8 Å². The normalized spacial score (nSPS) is 17.7. The fraction of sp³-hybridized carbons (Fsp3) is 0.350. The molecule has 1 aromatic heterocycles. The molecule has 2 N–H and O–H groups in total. The summed E-state index contributed by atoms with van der Waals surface area (Å²) in [6, 6.07) is 7.32. The molecule has 1 aromatic carbocycles. The fourth-order valence-corrected chi connectivity index (χ4v) is 3.13. The highest BCUT2D eigenvalue weighted by atomic mass is 16.5. The maximum absolute atomic E-state index is 12.4. The van der Waals surface area contributed by atoms with E-state index in [9.17, 15) is 9.59 Å². The summed E-state index contributed by atoms with van der Waals surface area (Å²) < 4.78 is 10.8. The lowest BCUT2D eigenvalue weighted by atomic mass is 10.0. The summed E-state index contributed by atoms with van der Waals surface area (Å²) >= 11 is 0. The third-order valence-electron chi connectivity index (χ3n) is 4.64. The summed E-state index contributed by atoms with van der Waals surface area (Å²) in [4.78, 5) is 28.3. The standard InChI is InChI=1S/C20H23N3O4/c1-12-7-18(27-3)15(9-17(12)26-2)14-8-16(14)20(25)22-11-19(24)23-13-5-4-6-21-10-13/h4-7,9-10,14,16H,8,11H2,1-3H3,(H,22,25)(H,23,24)/t14-,16+/m0/s1. The maximum Gasteiger partial charge on any atom is 0.243 e. The van der Waals surface area contributed by atoms with Gasteiger partial charge in [0.15, 0.2) is 0 Å². The Morgan fingerprint density at radius 3 is 2.67 bits per heavy atom. The molecule has 2 aromatic rings. The van der Waals surface area contributed by atoms with Crippen molar-refractivity contribution in [3.8, 4) is 11.5 Å². The minimum Gasteiger partial charge on any atom is -0.496 e. The molecular weight excluding hydrogens is 346 g/mol. The molecule has 3 rings (SSSR count). The van der Waals surface area contributed by atoms with E-state index in [0.29, 0.717) is 5.69 Å². The SMILES string of the molecule is COc1cc([C@@H]2C[C@H]2C(=O)NCC(=O)Nc2cccnc2)c(OC)cc1C. The quantitative estimate of drug-likeness (QED) is 0.781. The number of nitrogens with one attached hydrogen (secondary N) is 2. The van der Waals surface area contributed by atoms with Gasteiger partial charge >= 0.3 is 0 Å². The Kier molecular flexibility index (Phi) is 5.59. The van der Waals surface area contributed by atoms with Crippen LogP contribution in [-0.2, 0) is 9.59 Å². The minimum atomic E-state index is -0.289. The van der Waals surface area contributed by atoms with Crippen LogP contribution in [0.15, 0.2) is 36.7 Å². The zero-order valence-corrected chi connectivity index (χ0v) is 15.6. The molecule has 2 atom stereocenters. The molecule has 1 fully saturated rings. The van der Waals surface area contributed by atoms with Crippen LogP contribution in [0.25, 0.3) is 0 Å². The number of amides is 2. The van der Waals surface area contributed by atoms with Gasteiger partial charge in [0.2, 0.25) is 11.8 Å². The van der Waals surface area contributed by atoms with Gasteiger partial charge in [0.25, 0.3) is 0 Å². The molecule has 0 radical (unpaired) electrons. The van der Waals surface area contributed by atoms with Crippen molar-refractivity contribution in [1.29, 1.82) is 0 Å². The predicted octanol–water partition coefficient (Wildman–Crippen LogP) is 2.27. The number of methoxy groups -OCH3 is 2. The van der Waals surface area contributed by atoms with Gasteiger partial charge in [-0.2, -0.15) is 0 Å². The van der Waals surface area contributed by atoms with E-state index in [1.165, 1.54) is 0 Å². The topological polar surface area (TPSA) is 89.5 Å². The third kappa shape index (κ3) is 4.36. The van der Waals surface area contributed by atoms with Gasteiger partial charge in [-0.1, -0.05) is 0 Å². The van der Waals surface area contributed by atoms with E-state index in [4.69, 9.17) is 9.47 Å². The molecule has 0 saturated heterocycles. The summed E-state index contributed by atoms with van der Waals surface area (Å²) in [5.41, 5.74) is 2.53. The van der Waals surface area contributed by atoms with Crippen LogP contribution in [0.3, 0.4) is 0 Å². The number of carbonyl (C=O) groups excluding carboxylic acids is 2. The maximum atomic E-state index is 12.4. The molecule has 142 valence electrons. The summed E-state index contributed by atoms with van der Waals surface area (Å²) in [7, 11) is 3.24. The first-order chi connectivity index (χ1) is 13.0. The van der Waals surface area contributed by atoms with Crippen LogP contribution in [-0.4, -0.2) is 37.6 Å². The molecule has 1 aliphatic carbocycles. The van der Waals surface area contributed by atoms with E-state index in [-0.39, 0.29) is 30.2 Å². The highest BCUT2D eigenvalue weighted by Crippen LogP contribution is 2.51. The molecule has 7 nitrogen and oxygen atoms in total. The molecule has 2 amide bonds. The lowest BCUT2D eigenvalue weighted by Gasteiger charge is -2.13.